The van der Waals surface area contributed by atoms with Gasteiger partial charge in [-0.1, -0.05) is 12.1 Å². The monoisotopic (exact) mass is 340 g/mol. The first kappa shape index (κ1) is 14.6. The topological polar surface area (TPSA) is 96.4 Å². The first-order valence-electron chi connectivity index (χ1n) is 7.18. The molecule has 0 radical (unpaired) electrons. The van der Waals surface area contributed by atoms with Gasteiger partial charge in [0.2, 0.25) is 10.0 Å². The average molecular weight is 340 g/mol. The summed E-state index contributed by atoms with van der Waals surface area (Å²) in [5.41, 5.74) is 3.04. The Balaban J connectivity index is 1.91. The van der Waals surface area contributed by atoms with Crippen LogP contribution in [-0.4, -0.2) is 24.5 Å². The summed E-state index contributed by atoms with van der Waals surface area (Å²) in [5, 5.41) is 10.8. The van der Waals surface area contributed by atoms with Gasteiger partial charge in [0.1, 0.15) is 0 Å². The molecule has 0 bridgehead atoms. The Hall–Kier alpha value is -2.93. The van der Waals surface area contributed by atoms with Crippen LogP contribution in [0.5, 0.6) is 0 Å². The number of benzene rings is 2. The molecule has 6 nitrogen and oxygen atoms in total. The summed E-state index contributed by atoms with van der Waals surface area (Å²) < 4.78 is 25.8. The molecule has 120 valence electrons. The fourth-order valence-electron chi connectivity index (χ4n) is 2.92. The number of fused-ring (bicyclic) bond motifs is 2. The second-order valence-corrected chi connectivity index (χ2v) is 7.38. The number of nitrogens with zero attached hydrogens (tertiary/aromatic N) is 1. The molecule has 0 saturated heterocycles. The Bertz CT molecular complexity index is 1110. The maximum atomic E-state index is 11.7. The van der Waals surface area contributed by atoms with Gasteiger partial charge in [-0.25, -0.2) is 13.2 Å². The summed E-state index contributed by atoms with van der Waals surface area (Å²) in [4.78, 5) is 15.4. The van der Waals surface area contributed by atoms with Crippen molar-refractivity contribution in [3.05, 3.63) is 59.9 Å². The third-order valence-corrected chi connectivity index (χ3v) is 5.26. The van der Waals surface area contributed by atoms with E-state index >= 15 is 0 Å². The molecule has 24 heavy (non-hydrogen) atoms. The molecule has 0 amide bonds. The number of aromatic nitrogens is 1. The molecule has 2 N–H and O–H groups in total. The summed E-state index contributed by atoms with van der Waals surface area (Å²) in [5.74, 6) is -1.06. The highest BCUT2D eigenvalue weighted by atomic mass is 32.2. The molecular formula is C17H12N2O4S. The van der Waals surface area contributed by atoms with Crippen LogP contribution in [0.2, 0.25) is 0 Å². The van der Waals surface area contributed by atoms with Crippen molar-refractivity contribution in [1.29, 1.82) is 0 Å². The van der Waals surface area contributed by atoms with Gasteiger partial charge in [-0.15, -0.1) is 0 Å². The van der Waals surface area contributed by atoms with Gasteiger partial charge in [0.25, 0.3) is 0 Å². The molecule has 3 aromatic rings. The molecule has 2 aromatic carbocycles. The van der Waals surface area contributed by atoms with Gasteiger partial charge in [0.15, 0.2) is 0 Å². The highest BCUT2D eigenvalue weighted by Gasteiger charge is 2.23. The zero-order chi connectivity index (χ0) is 16.9. The standard InChI is InChI=1S/C17H12N2O4S/c20-17(21)11-1-2-12-7-18-8-15(14(12)6-11)10-3-4-16-13(5-10)9-24(22,23)19-16/h1-8,19H,9H2,(H,20,21). The molecule has 0 spiro atoms. The van der Waals surface area contributed by atoms with E-state index in [1.807, 2.05) is 0 Å². The lowest BCUT2D eigenvalue weighted by molar-refractivity contribution is 0.0697. The minimum atomic E-state index is -3.31. The molecule has 2 heterocycles. The molecule has 0 atom stereocenters. The van der Waals surface area contributed by atoms with E-state index in [2.05, 4.69) is 9.71 Å². The maximum absolute atomic E-state index is 11.7. The number of sulfonamides is 1. The van der Waals surface area contributed by atoms with Crippen molar-refractivity contribution in [2.45, 2.75) is 5.75 Å². The second kappa shape index (κ2) is 5.04. The largest absolute Gasteiger partial charge is 0.478 e. The number of carboxylic acid groups (broad SMARTS) is 1. The number of carboxylic acids is 1. The van der Waals surface area contributed by atoms with Gasteiger partial charge < -0.3 is 5.11 Å². The van der Waals surface area contributed by atoms with Gasteiger partial charge in [-0.3, -0.25) is 9.71 Å². The lowest BCUT2D eigenvalue weighted by Gasteiger charge is -2.08. The third kappa shape index (κ3) is 2.39. The van der Waals surface area contributed by atoms with E-state index < -0.39 is 16.0 Å². The third-order valence-electron chi connectivity index (χ3n) is 4.03. The van der Waals surface area contributed by atoms with E-state index in [-0.39, 0.29) is 11.3 Å². The van der Waals surface area contributed by atoms with Crippen LogP contribution in [0.25, 0.3) is 21.9 Å². The normalized spacial score (nSPS) is 15.0. The van der Waals surface area contributed by atoms with E-state index in [1.165, 1.54) is 6.07 Å². The predicted molar refractivity (Wildman–Crippen MR) is 90.4 cm³/mol. The van der Waals surface area contributed by atoms with Crippen LogP contribution in [0.4, 0.5) is 5.69 Å². The maximum Gasteiger partial charge on any atom is 0.335 e. The van der Waals surface area contributed by atoms with Gasteiger partial charge in [-0.05, 0) is 40.8 Å². The number of nitrogens with one attached hydrogen (secondary N) is 1. The highest BCUT2D eigenvalue weighted by molar-refractivity contribution is 7.92. The molecular weight excluding hydrogens is 328 g/mol. The number of rotatable bonds is 2. The minimum Gasteiger partial charge on any atom is -0.478 e. The van der Waals surface area contributed by atoms with Crippen molar-refractivity contribution in [2.24, 2.45) is 0 Å². The predicted octanol–water partition coefficient (Wildman–Crippen LogP) is 2.86. The van der Waals surface area contributed by atoms with E-state index in [9.17, 15) is 18.3 Å². The van der Waals surface area contributed by atoms with E-state index in [0.717, 1.165) is 21.9 Å². The van der Waals surface area contributed by atoms with Crippen molar-refractivity contribution in [3.63, 3.8) is 0 Å². The smallest absolute Gasteiger partial charge is 0.335 e. The molecule has 0 unspecified atom stereocenters. The molecule has 1 aliphatic rings. The van der Waals surface area contributed by atoms with Crippen LogP contribution in [0.1, 0.15) is 15.9 Å². The molecule has 7 heteroatoms. The van der Waals surface area contributed by atoms with Crippen LogP contribution >= 0.6 is 0 Å². The van der Waals surface area contributed by atoms with Gasteiger partial charge >= 0.3 is 5.97 Å². The van der Waals surface area contributed by atoms with Crippen LogP contribution in [0.15, 0.2) is 48.8 Å². The van der Waals surface area contributed by atoms with E-state index in [1.54, 1.807) is 42.7 Å². The summed E-state index contributed by atoms with van der Waals surface area (Å²) in [6.45, 7) is 0. The Morgan fingerprint density at radius 2 is 1.96 bits per heavy atom. The Kier molecular flexibility index (Phi) is 3.07. The van der Waals surface area contributed by atoms with E-state index in [0.29, 0.717) is 11.3 Å². The lowest BCUT2D eigenvalue weighted by atomic mass is 9.97. The number of hydrogen-bond acceptors (Lipinski definition) is 4. The Labute approximate surface area is 137 Å². The first-order chi connectivity index (χ1) is 11.4. The number of carbonyl (C=O) groups is 1. The van der Waals surface area contributed by atoms with Crippen molar-refractivity contribution in [1.82, 2.24) is 4.98 Å². The number of hydrogen-bond donors (Lipinski definition) is 2. The zero-order valence-electron chi connectivity index (χ0n) is 12.4. The summed E-state index contributed by atoms with van der Waals surface area (Å²) in [7, 11) is -3.31. The highest BCUT2D eigenvalue weighted by Crippen LogP contribution is 2.34. The molecule has 0 saturated carbocycles. The summed E-state index contributed by atoms with van der Waals surface area (Å²) >= 11 is 0. The molecule has 0 aliphatic carbocycles. The van der Waals surface area contributed by atoms with E-state index in [4.69, 9.17) is 0 Å². The second-order valence-electron chi connectivity index (χ2n) is 5.66. The average Bonchev–Trinajstić information content (AvgIpc) is 2.86. The SMILES string of the molecule is O=C(O)c1ccc2cncc(-c3ccc4c(c3)CS(=O)(=O)N4)c2c1. The van der Waals surface area contributed by atoms with Gasteiger partial charge in [0, 0.05) is 23.3 Å². The molecule has 1 aliphatic heterocycles. The number of anilines is 1. The van der Waals surface area contributed by atoms with Crippen molar-refractivity contribution in [3.8, 4) is 11.1 Å². The molecule has 0 fully saturated rings. The van der Waals surface area contributed by atoms with Crippen molar-refractivity contribution in [2.75, 3.05) is 4.72 Å². The minimum absolute atomic E-state index is 0.0608. The van der Waals surface area contributed by atoms with Crippen molar-refractivity contribution < 1.29 is 18.3 Å². The number of pyridine rings is 1. The number of aromatic carboxylic acids is 1. The lowest BCUT2D eigenvalue weighted by Crippen LogP contribution is -2.05. The van der Waals surface area contributed by atoms with Crippen LogP contribution in [-0.2, 0) is 15.8 Å². The summed E-state index contributed by atoms with van der Waals surface area (Å²) in [6, 6.07) is 10.2. The molecule has 4 rings (SSSR count). The van der Waals surface area contributed by atoms with Crippen LogP contribution in [0, 0.1) is 0 Å². The molecule has 1 aromatic heterocycles. The van der Waals surface area contributed by atoms with Crippen LogP contribution < -0.4 is 4.72 Å². The first-order valence-corrected chi connectivity index (χ1v) is 8.83. The fraction of sp³-hybridized carbons (Fsp3) is 0.0588. The fourth-order valence-corrected chi connectivity index (χ4v) is 4.17. The van der Waals surface area contributed by atoms with Crippen LogP contribution in [0.3, 0.4) is 0 Å². The summed E-state index contributed by atoms with van der Waals surface area (Å²) in [6.07, 6.45) is 3.33. The Morgan fingerprint density at radius 3 is 2.75 bits per heavy atom. The van der Waals surface area contributed by atoms with Gasteiger partial charge in [-0.2, -0.15) is 0 Å². The van der Waals surface area contributed by atoms with Gasteiger partial charge in [0.05, 0.1) is 17.0 Å². The van der Waals surface area contributed by atoms with Crippen molar-refractivity contribution >= 4 is 32.5 Å². The Morgan fingerprint density at radius 1 is 1.12 bits per heavy atom. The zero-order valence-corrected chi connectivity index (χ0v) is 13.2. The quantitative estimate of drug-likeness (QED) is 0.748.